The molecule has 3 heteroatoms. The molecule has 0 bridgehead atoms. The lowest BCUT2D eigenvalue weighted by Gasteiger charge is -2.19. The molecular formula is C14H23NO2. The van der Waals surface area contributed by atoms with E-state index in [-0.39, 0.29) is 12.1 Å². The van der Waals surface area contributed by atoms with Crippen molar-refractivity contribution in [1.82, 2.24) is 5.32 Å². The highest BCUT2D eigenvalue weighted by Crippen LogP contribution is 2.08. The predicted octanol–water partition coefficient (Wildman–Crippen LogP) is 2.47. The molecule has 0 aliphatic rings. The van der Waals surface area contributed by atoms with Crippen molar-refractivity contribution >= 4 is 0 Å². The highest BCUT2D eigenvalue weighted by atomic mass is 16.5. The molecule has 0 fully saturated rings. The van der Waals surface area contributed by atoms with Gasteiger partial charge < -0.3 is 14.8 Å². The van der Waals surface area contributed by atoms with Crippen molar-refractivity contribution in [2.45, 2.75) is 32.9 Å². The normalized spacial score (nSPS) is 12.7. The first kappa shape index (κ1) is 14.0. The topological polar surface area (TPSA) is 30.5 Å². The average Bonchev–Trinajstić information content (AvgIpc) is 2.34. The van der Waals surface area contributed by atoms with E-state index >= 15 is 0 Å². The molecule has 1 rings (SSSR count). The van der Waals surface area contributed by atoms with Gasteiger partial charge in [-0.3, -0.25) is 0 Å². The Bertz CT molecular complexity index is 288. The molecule has 0 aliphatic heterocycles. The Kier molecular flexibility index (Phi) is 6.67. The van der Waals surface area contributed by atoms with Crippen molar-refractivity contribution in [2.75, 3.05) is 19.8 Å². The van der Waals surface area contributed by atoms with Crippen LogP contribution in [0.5, 0.6) is 5.75 Å². The fourth-order valence-corrected chi connectivity index (χ4v) is 1.48. The summed E-state index contributed by atoms with van der Waals surface area (Å²) >= 11 is 0. The Morgan fingerprint density at radius 2 is 1.82 bits per heavy atom. The van der Waals surface area contributed by atoms with Gasteiger partial charge in [0.15, 0.2) is 0 Å². The van der Waals surface area contributed by atoms with Crippen LogP contribution < -0.4 is 10.1 Å². The van der Waals surface area contributed by atoms with Gasteiger partial charge in [0.2, 0.25) is 0 Å². The first-order valence-electron chi connectivity index (χ1n) is 6.25. The number of hydrogen-bond donors (Lipinski definition) is 1. The van der Waals surface area contributed by atoms with Gasteiger partial charge in [-0.05, 0) is 32.5 Å². The lowest BCUT2D eigenvalue weighted by molar-refractivity contribution is 0.0505. The van der Waals surface area contributed by atoms with E-state index in [4.69, 9.17) is 9.47 Å². The van der Waals surface area contributed by atoms with E-state index in [1.165, 1.54) is 0 Å². The van der Waals surface area contributed by atoms with E-state index in [9.17, 15) is 0 Å². The second kappa shape index (κ2) is 8.09. The molecule has 1 aromatic rings. The summed E-state index contributed by atoms with van der Waals surface area (Å²) in [6.07, 6.45) is 0.257. The maximum absolute atomic E-state index is 5.71. The van der Waals surface area contributed by atoms with Crippen LogP contribution in [0.15, 0.2) is 30.3 Å². The zero-order chi connectivity index (χ0) is 12.5. The van der Waals surface area contributed by atoms with Crippen LogP contribution in [0.25, 0.3) is 0 Å². The number of likely N-dealkylation sites (N-methyl/N-ethyl adjacent to an activating group) is 1. The molecule has 17 heavy (non-hydrogen) atoms. The third-order valence-electron chi connectivity index (χ3n) is 2.32. The summed E-state index contributed by atoms with van der Waals surface area (Å²) in [7, 11) is 0. The Balaban J connectivity index is 2.33. The van der Waals surface area contributed by atoms with Gasteiger partial charge in [-0.1, -0.05) is 25.1 Å². The summed E-state index contributed by atoms with van der Waals surface area (Å²) in [6, 6.07) is 10.1. The number of ether oxygens (including phenoxy) is 2. The van der Waals surface area contributed by atoms with Gasteiger partial charge in [0.05, 0.1) is 18.8 Å². The van der Waals surface area contributed by atoms with E-state index in [2.05, 4.69) is 12.2 Å². The van der Waals surface area contributed by atoms with Crippen LogP contribution in [-0.2, 0) is 4.74 Å². The number of rotatable bonds is 8. The summed E-state index contributed by atoms with van der Waals surface area (Å²) in [5.41, 5.74) is 0. The Morgan fingerprint density at radius 3 is 2.41 bits per heavy atom. The Labute approximate surface area is 104 Å². The fraction of sp³-hybridized carbons (Fsp3) is 0.571. The van der Waals surface area contributed by atoms with Gasteiger partial charge in [-0.25, -0.2) is 0 Å². The molecular weight excluding hydrogens is 214 g/mol. The zero-order valence-corrected chi connectivity index (χ0v) is 11.0. The minimum atomic E-state index is 0.239. The number of benzene rings is 1. The first-order chi connectivity index (χ1) is 8.22. The molecule has 0 radical (unpaired) electrons. The van der Waals surface area contributed by atoms with E-state index in [1.807, 2.05) is 44.2 Å². The lowest BCUT2D eigenvalue weighted by Crippen LogP contribution is -2.39. The Hall–Kier alpha value is -1.06. The van der Waals surface area contributed by atoms with Gasteiger partial charge in [0.25, 0.3) is 0 Å². The molecule has 0 saturated heterocycles. The highest BCUT2D eigenvalue weighted by Gasteiger charge is 2.09. The van der Waals surface area contributed by atoms with E-state index < -0.39 is 0 Å². The minimum absolute atomic E-state index is 0.239. The molecule has 96 valence electrons. The van der Waals surface area contributed by atoms with E-state index in [1.54, 1.807) is 0 Å². The molecule has 3 nitrogen and oxygen atoms in total. The summed E-state index contributed by atoms with van der Waals surface area (Å²) in [4.78, 5) is 0. The molecule has 1 N–H and O–H groups in total. The van der Waals surface area contributed by atoms with Crippen molar-refractivity contribution in [2.24, 2.45) is 0 Å². The third kappa shape index (κ3) is 6.29. The largest absolute Gasteiger partial charge is 0.492 e. The maximum atomic E-state index is 5.71. The smallest absolute Gasteiger partial charge is 0.119 e. The van der Waals surface area contributed by atoms with Gasteiger partial charge in [0, 0.05) is 0 Å². The average molecular weight is 237 g/mol. The van der Waals surface area contributed by atoms with Crippen molar-refractivity contribution in [1.29, 1.82) is 0 Å². The molecule has 1 unspecified atom stereocenters. The molecule has 1 aromatic carbocycles. The quantitative estimate of drug-likeness (QED) is 0.753. The summed E-state index contributed by atoms with van der Waals surface area (Å²) < 4.78 is 11.3. The van der Waals surface area contributed by atoms with E-state index in [0.29, 0.717) is 13.2 Å². The molecule has 0 aliphatic carbocycles. The van der Waals surface area contributed by atoms with Gasteiger partial charge in [-0.2, -0.15) is 0 Å². The van der Waals surface area contributed by atoms with Crippen LogP contribution in [0.1, 0.15) is 20.8 Å². The van der Waals surface area contributed by atoms with E-state index in [0.717, 1.165) is 12.3 Å². The van der Waals surface area contributed by atoms with Crippen LogP contribution in [0.3, 0.4) is 0 Å². The first-order valence-corrected chi connectivity index (χ1v) is 6.25. The molecule has 0 heterocycles. The summed E-state index contributed by atoms with van der Waals surface area (Å²) in [5.74, 6) is 0.903. The van der Waals surface area contributed by atoms with Crippen LogP contribution in [-0.4, -0.2) is 31.9 Å². The Morgan fingerprint density at radius 1 is 1.12 bits per heavy atom. The fourth-order valence-electron chi connectivity index (χ4n) is 1.48. The minimum Gasteiger partial charge on any atom is -0.492 e. The van der Waals surface area contributed by atoms with Gasteiger partial charge in [-0.15, -0.1) is 0 Å². The second-order valence-electron chi connectivity index (χ2n) is 4.26. The zero-order valence-electron chi connectivity index (χ0n) is 11.0. The number of hydrogen-bond acceptors (Lipinski definition) is 3. The SMILES string of the molecule is CCNC(COc1ccccc1)COC(C)C. The molecule has 0 spiro atoms. The summed E-state index contributed by atoms with van der Waals surface area (Å²) in [5, 5.41) is 3.36. The molecule has 1 atom stereocenters. The number of para-hydroxylation sites is 1. The van der Waals surface area contributed by atoms with Crippen LogP contribution in [0, 0.1) is 0 Å². The third-order valence-corrected chi connectivity index (χ3v) is 2.32. The van der Waals surface area contributed by atoms with Crippen molar-refractivity contribution in [3.8, 4) is 5.75 Å². The maximum Gasteiger partial charge on any atom is 0.119 e. The predicted molar refractivity (Wildman–Crippen MR) is 70.5 cm³/mol. The van der Waals surface area contributed by atoms with Crippen LogP contribution in [0.2, 0.25) is 0 Å². The van der Waals surface area contributed by atoms with Crippen molar-refractivity contribution in [3.05, 3.63) is 30.3 Å². The van der Waals surface area contributed by atoms with Crippen molar-refractivity contribution < 1.29 is 9.47 Å². The molecule has 0 amide bonds. The van der Waals surface area contributed by atoms with Crippen LogP contribution >= 0.6 is 0 Å². The van der Waals surface area contributed by atoms with Gasteiger partial charge in [0.1, 0.15) is 12.4 Å². The number of nitrogens with one attached hydrogen (secondary N) is 1. The van der Waals surface area contributed by atoms with Gasteiger partial charge >= 0.3 is 0 Å². The molecule has 0 saturated carbocycles. The van der Waals surface area contributed by atoms with Crippen molar-refractivity contribution in [3.63, 3.8) is 0 Å². The highest BCUT2D eigenvalue weighted by molar-refractivity contribution is 5.20. The van der Waals surface area contributed by atoms with Crippen LogP contribution in [0.4, 0.5) is 0 Å². The standard InChI is InChI=1S/C14H23NO2/c1-4-15-13(10-16-12(2)3)11-17-14-8-6-5-7-9-14/h5-9,12-13,15H,4,10-11H2,1-3H3. The lowest BCUT2D eigenvalue weighted by atomic mass is 10.3. The monoisotopic (exact) mass is 237 g/mol. The second-order valence-corrected chi connectivity index (χ2v) is 4.26. The summed E-state index contributed by atoms with van der Waals surface area (Å²) in [6.45, 7) is 8.40. The molecule has 0 aromatic heterocycles.